The molecule has 16 heavy (non-hydrogen) atoms. The Balaban J connectivity index is 2.32. The van der Waals surface area contributed by atoms with E-state index in [0.717, 1.165) is 32.0 Å². The molecule has 1 amide bonds. The second-order valence-corrected chi connectivity index (χ2v) is 5.18. The van der Waals surface area contributed by atoms with E-state index in [9.17, 15) is 4.79 Å². The molecule has 1 fully saturated rings. The molecule has 0 saturated heterocycles. The average Bonchev–Trinajstić information content (AvgIpc) is 2.99. The van der Waals surface area contributed by atoms with Crippen LogP contribution in [0.1, 0.15) is 33.1 Å². The Morgan fingerprint density at radius 3 is 2.62 bits per heavy atom. The number of nitrogens with zero attached hydrogens (tertiary/aromatic N) is 1. The van der Waals surface area contributed by atoms with Crippen LogP contribution in [0.5, 0.6) is 0 Å². The maximum absolute atomic E-state index is 11.4. The molecule has 0 heterocycles. The number of hydrogen-bond donors (Lipinski definition) is 2. The van der Waals surface area contributed by atoms with Gasteiger partial charge in [0.05, 0.1) is 5.54 Å². The molecular formula is C12H25N3O. The first kappa shape index (κ1) is 13.5. The minimum absolute atomic E-state index is 0.255. The van der Waals surface area contributed by atoms with Gasteiger partial charge in [-0.25, -0.2) is 0 Å². The molecule has 0 bridgehead atoms. The number of rotatable bonds is 8. The summed E-state index contributed by atoms with van der Waals surface area (Å²) >= 11 is 0. The van der Waals surface area contributed by atoms with Gasteiger partial charge in [-0.2, -0.15) is 0 Å². The summed E-state index contributed by atoms with van der Waals surface area (Å²) in [6, 6.07) is 0. The van der Waals surface area contributed by atoms with Crippen LogP contribution in [0.25, 0.3) is 0 Å². The van der Waals surface area contributed by atoms with Crippen LogP contribution in [0.3, 0.4) is 0 Å². The number of carbonyl (C=O) groups is 1. The minimum Gasteiger partial charge on any atom is -0.368 e. The Morgan fingerprint density at radius 2 is 2.19 bits per heavy atom. The Kier molecular flexibility index (Phi) is 4.74. The summed E-state index contributed by atoms with van der Waals surface area (Å²) in [5, 5.41) is 3.18. The highest BCUT2D eigenvalue weighted by Gasteiger charge is 2.30. The van der Waals surface area contributed by atoms with Gasteiger partial charge in [-0.3, -0.25) is 4.79 Å². The van der Waals surface area contributed by atoms with E-state index >= 15 is 0 Å². The van der Waals surface area contributed by atoms with Gasteiger partial charge in [0.1, 0.15) is 0 Å². The van der Waals surface area contributed by atoms with Crippen molar-refractivity contribution < 1.29 is 4.79 Å². The number of amides is 1. The summed E-state index contributed by atoms with van der Waals surface area (Å²) in [6.45, 7) is 6.73. The zero-order valence-electron chi connectivity index (χ0n) is 10.8. The molecule has 1 aliphatic carbocycles. The van der Waals surface area contributed by atoms with E-state index in [-0.39, 0.29) is 5.91 Å². The third-order valence-corrected chi connectivity index (χ3v) is 3.37. The summed E-state index contributed by atoms with van der Waals surface area (Å²) in [6.07, 6.45) is 3.51. The van der Waals surface area contributed by atoms with Crippen molar-refractivity contribution in [1.29, 1.82) is 0 Å². The summed E-state index contributed by atoms with van der Waals surface area (Å²) in [4.78, 5) is 13.7. The molecule has 4 heteroatoms. The second kappa shape index (κ2) is 5.64. The largest absolute Gasteiger partial charge is 0.368 e. The van der Waals surface area contributed by atoms with Crippen LogP contribution in [-0.4, -0.2) is 43.0 Å². The fraction of sp³-hybridized carbons (Fsp3) is 0.917. The number of carbonyl (C=O) groups excluding carboxylic acids is 1. The molecule has 0 spiro atoms. The van der Waals surface area contributed by atoms with Crippen molar-refractivity contribution >= 4 is 5.91 Å². The van der Waals surface area contributed by atoms with Crippen LogP contribution >= 0.6 is 0 Å². The molecule has 1 unspecified atom stereocenters. The predicted molar refractivity (Wildman–Crippen MR) is 66.1 cm³/mol. The van der Waals surface area contributed by atoms with Crippen LogP contribution in [-0.2, 0) is 4.79 Å². The molecule has 94 valence electrons. The molecule has 3 N–H and O–H groups in total. The molecule has 0 radical (unpaired) electrons. The Bertz CT molecular complexity index is 240. The van der Waals surface area contributed by atoms with Gasteiger partial charge in [-0.15, -0.1) is 0 Å². The monoisotopic (exact) mass is 227 g/mol. The molecule has 1 atom stereocenters. The third-order valence-electron chi connectivity index (χ3n) is 3.37. The minimum atomic E-state index is -0.563. The van der Waals surface area contributed by atoms with E-state index in [2.05, 4.69) is 17.3 Å². The number of primary amides is 1. The molecule has 0 aromatic heterocycles. The van der Waals surface area contributed by atoms with Crippen molar-refractivity contribution in [2.24, 2.45) is 11.7 Å². The van der Waals surface area contributed by atoms with Crippen LogP contribution < -0.4 is 11.1 Å². The molecule has 1 aliphatic rings. The first-order valence-electron chi connectivity index (χ1n) is 6.21. The van der Waals surface area contributed by atoms with Gasteiger partial charge in [0.15, 0.2) is 0 Å². The maximum atomic E-state index is 11.4. The van der Waals surface area contributed by atoms with Gasteiger partial charge in [-0.05, 0) is 45.7 Å². The van der Waals surface area contributed by atoms with E-state index in [1.165, 1.54) is 12.8 Å². The normalized spacial score (nSPS) is 19.8. The van der Waals surface area contributed by atoms with Gasteiger partial charge in [-0.1, -0.05) is 6.92 Å². The standard InChI is InChI=1S/C12H25N3O/c1-4-14-12(2,11(13)16)7-8-15(3)9-10-5-6-10/h10,14H,4-9H2,1-3H3,(H2,13,16). The number of likely N-dealkylation sites (N-methyl/N-ethyl adjacent to an activating group) is 1. The zero-order valence-corrected chi connectivity index (χ0v) is 10.8. The molecule has 0 aromatic carbocycles. The van der Waals surface area contributed by atoms with Crippen molar-refractivity contribution in [2.45, 2.75) is 38.6 Å². The first-order valence-corrected chi connectivity index (χ1v) is 6.21. The van der Waals surface area contributed by atoms with Crippen molar-refractivity contribution in [3.05, 3.63) is 0 Å². The summed E-state index contributed by atoms with van der Waals surface area (Å²) in [5.74, 6) is 0.637. The van der Waals surface area contributed by atoms with Crippen LogP contribution in [0.4, 0.5) is 0 Å². The molecule has 4 nitrogen and oxygen atoms in total. The van der Waals surface area contributed by atoms with E-state index in [1.807, 2.05) is 13.8 Å². The molecule has 1 saturated carbocycles. The van der Waals surface area contributed by atoms with E-state index < -0.39 is 5.54 Å². The lowest BCUT2D eigenvalue weighted by Gasteiger charge is -2.29. The average molecular weight is 227 g/mol. The molecule has 0 aliphatic heterocycles. The lowest BCUT2D eigenvalue weighted by Crippen LogP contribution is -2.54. The third kappa shape index (κ3) is 4.10. The summed E-state index contributed by atoms with van der Waals surface area (Å²) in [7, 11) is 2.12. The zero-order chi connectivity index (χ0) is 12.2. The van der Waals surface area contributed by atoms with Crippen molar-refractivity contribution in [3.8, 4) is 0 Å². The lowest BCUT2D eigenvalue weighted by atomic mass is 9.96. The van der Waals surface area contributed by atoms with Gasteiger partial charge in [0.2, 0.25) is 5.91 Å². The van der Waals surface area contributed by atoms with Crippen molar-refractivity contribution in [3.63, 3.8) is 0 Å². The Hall–Kier alpha value is -0.610. The highest BCUT2D eigenvalue weighted by molar-refractivity contribution is 5.84. The molecular weight excluding hydrogens is 202 g/mol. The SMILES string of the molecule is CCNC(C)(CCN(C)CC1CC1)C(N)=O. The fourth-order valence-corrected chi connectivity index (χ4v) is 1.94. The summed E-state index contributed by atoms with van der Waals surface area (Å²) in [5.41, 5.74) is 4.87. The maximum Gasteiger partial charge on any atom is 0.237 e. The van der Waals surface area contributed by atoms with E-state index in [0.29, 0.717) is 0 Å². The molecule has 1 rings (SSSR count). The van der Waals surface area contributed by atoms with Gasteiger partial charge in [0.25, 0.3) is 0 Å². The fourth-order valence-electron chi connectivity index (χ4n) is 1.94. The lowest BCUT2D eigenvalue weighted by molar-refractivity contribution is -0.124. The van der Waals surface area contributed by atoms with Crippen molar-refractivity contribution in [2.75, 3.05) is 26.7 Å². The van der Waals surface area contributed by atoms with Crippen molar-refractivity contribution in [1.82, 2.24) is 10.2 Å². The number of nitrogens with two attached hydrogens (primary N) is 1. The Labute approximate surface area is 98.6 Å². The van der Waals surface area contributed by atoms with Crippen LogP contribution in [0, 0.1) is 5.92 Å². The number of hydrogen-bond acceptors (Lipinski definition) is 3. The smallest absolute Gasteiger partial charge is 0.237 e. The highest BCUT2D eigenvalue weighted by Crippen LogP contribution is 2.29. The first-order chi connectivity index (χ1) is 7.48. The number of nitrogens with one attached hydrogen (secondary N) is 1. The highest BCUT2D eigenvalue weighted by atomic mass is 16.1. The van der Waals surface area contributed by atoms with Crippen LogP contribution in [0.15, 0.2) is 0 Å². The van der Waals surface area contributed by atoms with Gasteiger partial charge in [0, 0.05) is 13.1 Å². The van der Waals surface area contributed by atoms with E-state index in [4.69, 9.17) is 5.73 Å². The van der Waals surface area contributed by atoms with Crippen LogP contribution in [0.2, 0.25) is 0 Å². The topological polar surface area (TPSA) is 58.4 Å². The van der Waals surface area contributed by atoms with Gasteiger partial charge >= 0.3 is 0 Å². The Morgan fingerprint density at radius 1 is 1.56 bits per heavy atom. The van der Waals surface area contributed by atoms with E-state index in [1.54, 1.807) is 0 Å². The van der Waals surface area contributed by atoms with Gasteiger partial charge < -0.3 is 16.0 Å². The predicted octanol–water partition coefficient (Wildman–Crippen LogP) is 0.572. The molecule has 0 aromatic rings. The second-order valence-electron chi connectivity index (χ2n) is 5.18. The quantitative estimate of drug-likeness (QED) is 0.637. The summed E-state index contributed by atoms with van der Waals surface area (Å²) < 4.78 is 0.